The molecule has 1 rings (SSSR count). The first-order valence-corrected chi connectivity index (χ1v) is 8.05. The quantitative estimate of drug-likeness (QED) is 0.674. The molecule has 138 valence electrons. The number of nitrogens with one attached hydrogen (secondary N) is 2. The number of ether oxygens (including phenoxy) is 2. The van der Waals surface area contributed by atoms with Crippen LogP contribution >= 0.6 is 0 Å². The van der Waals surface area contributed by atoms with Crippen LogP contribution in [0.5, 0.6) is 0 Å². The zero-order chi connectivity index (χ0) is 18.9. The van der Waals surface area contributed by atoms with E-state index in [4.69, 9.17) is 4.74 Å². The van der Waals surface area contributed by atoms with Gasteiger partial charge in [-0.25, -0.2) is 0 Å². The average Bonchev–Trinajstić information content (AvgIpc) is 2.55. The molecular formula is C18H26N2O5. The fraction of sp³-hybridized carbons (Fsp3) is 0.500. The van der Waals surface area contributed by atoms with Crippen molar-refractivity contribution in [3.05, 3.63) is 35.9 Å². The molecule has 1 amide bonds. The summed E-state index contributed by atoms with van der Waals surface area (Å²) in [6, 6.07) is 8.70. The maximum absolute atomic E-state index is 12.3. The highest BCUT2D eigenvalue weighted by molar-refractivity contribution is 5.86. The minimum atomic E-state index is -0.681. The Morgan fingerprint density at radius 1 is 1.04 bits per heavy atom. The summed E-state index contributed by atoms with van der Waals surface area (Å²) in [5.74, 6) is -1.39. The van der Waals surface area contributed by atoms with Crippen molar-refractivity contribution in [2.75, 3.05) is 20.2 Å². The minimum absolute atomic E-state index is 0.111. The second kappa shape index (κ2) is 9.78. The van der Waals surface area contributed by atoms with Gasteiger partial charge in [0.05, 0.1) is 19.7 Å². The van der Waals surface area contributed by atoms with Crippen molar-refractivity contribution in [3.63, 3.8) is 0 Å². The van der Waals surface area contributed by atoms with E-state index in [2.05, 4.69) is 15.4 Å². The Morgan fingerprint density at radius 2 is 1.68 bits per heavy atom. The van der Waals surface area contributed by atoms with E-state index in [1.807, 2.05) is 30.3 Å². The molecule has 0 aliphatic heterocycles. The van der Waals surface area contributed by atoms with Gasteiger partial charge in [-0.2, -0.15) is 0 Å². The van der Waals surface area contributed by atoms with Gasteiger partial charge in [0.1, 0.15) is 12.1 Å². The first-order chi connectivity index (χ1) is 11.7. The van der Waals surface area contributed by atoms with E-state index in [-0.39, 0.29) is 13.1 Å². The van der Waals surface area contributed by atoms with Crippen LogP contribution in [0.3, 0.4) is 0 Å². The van der Waals surface area contributed by atoms with Crippen LogP contribution in [0.15, 0.2) is 30.3 Å². The van der Waals surface area contributed by atoms with Gasteiger partial charge in [-0.15, -0.1) is 0 Å². The number of rotatable bonds is 8. The first-order valence-electron chi connectivity index (χ1n) is 8.05. The lowest BCUT2D eigenvalue weighted by atomic mass is 10.1. The van der Waals surface area contributed by atoms with Crippen molar-refractivity contribution >= 4 is 17.8 Å². The van der Waals surface area contributed by atoms with Crippen LogP contribution in [0.1, 0.15) is 26.3 Å². The van der Waals surface area contributed by atoms with Gasteiger partial charge in [0.15, 0.2) is 0 Å². The lowest BCUT2D eigenvalue weighted by molar-refractivity contribution is -0.153. The summed E-state index contributed by atoms with van der Waals surface area (Å²) >= 11 is 0. The average molecular weight is 350 g/mol. The van der Waals surface area contributed by atoms with Crippen molar-refractivity contribution in [3.8, 4) is 0 Å². The standard InChI is InChI=1S/C18H26N2O5/c1-18(2,3)25-16(22)12-19-14(10-13-8-6-5-7-9-13)17(23)20-11-15(21)24-4/h5-9,14,19H,10-12H2,1-4H3,(H,20,23)/t14-/m0/s1. The van der Waals surface area contributed by atoms with Crippen molar-refractivity contribution in [1.82, 2.24) is 10.6 Å². The number of carbonyl (C=O) groups is 3. The summed E-state index contributed by atoms with van der Waals surface area (Å²) in [5, 5.41) is 5.39. The van der Waals surface area contributed by atoms with Gasteiger partial charge < -0.3 is 14.8 Å². The van der Waals surface area contributed by atoms with Crippen LogP contribution in [0.4, 0.5) is 0 Å². The fourth-order valence-electron chi connectivity index (χ4n) is 2.05. The van der Waals surface area contributed by atoms with E-state index in [0.29, 0.717) is 6.42 Å². The van der Waals surface area contributed by atoms with Crippen LogP contribution in [-0.2, 0) is 30.3 Å². The van der Waals surface area contributed by atoms with E-state index in [0.717, 1.165) is 5.56 Å². The highest BCUT2D eigenvalue weighted by atomic mass is 16.6. The summed E-state index contributed by atoms with van der Waals surface area (Å²) in [4.78, 5) is 35.4. The number of carbonyl (C=O) groups excluding carboxylic acids is 3. The third-order valence-corrected chi connectivity index (χ3v) is 3.15. The van der Waals surface area contributed by atoms with Crippen LogP contribution in [0.2, 0.25) is 0 Å². The molecule has 0 aliphatic carbocycles. The Labute approximate surface area is 148 Å². The molecule has 0 aromatic heterocycles. The zero-order valence-corrected chi connectivity index (χ0v) is 15.1. The molecule has 7 heteroatoms. The monoisotopic (exact) mass is 350 g/mol. The molecule has 1 atom stereocenters. The number of hydrogen-bond acceptors (Lipinski definition) is 6. The van der Waals surface area contributed by atoms with Gasteiger partial charge in [-0.05, 0) is 32.8 Å². The molecule has 0 heterocycles. The Morgan fingerprint density at radius 3 is 2.24 bits per heavy atom. The predicted octanol–water partition coefficient (Wildman–Crippen LogP) is 0.818. The highest BCUT2D eigenvalue weighted by Crippen LogP contribution is 2.07. The Kier molecular flexibility index (Phi) is 8.07. The molecule has 0 radical (unpaired) electrons. The predicted molar refractivity (Wildman–Crippen MR) is 92.8 cm³/mol. The fourth-order valence-corrected chi connectivity index (χ4v) is 2.05. The van der Waals surface area contributed by atoms with E-state index in [1.165, 1.54) is 7.11 Å². The van der Waals surface area contributed by atoms with E-state index >= 15 is 0 Å². The summed E-state index contributed by atoms with van der Waals surface area (Å²) < 4.78 is 9.73. The Bertz CT molecular complexity index is 581. The molecule has 0 aliphatic rings. The third-order valence-electron chi connectivity index (χ3n) is 3.15. The topological polar surface area (TPSA) is 93.7 Å². The van der Waals surface area contributed by atoms with Crippen LogP contribution in [0, 0.1) is 0 Å². The van der Waals surface area contributed by atoms with Gasteiger partial charge in [-0.1, -0.05) is 30.3 Å². The molecule has 0 saturated carbocycles. The summed E-state index contributed by atoms with van der Waals surface area (Å²) in [6.07, 6.45) is 0.372. The molecule has 7 nitrogen and oxygen atoms in total. The van der Waals surface area contributed by atoms with Crippen molar-refractivity contribution < 1.29 is 23.9 Å². The normalized spacial score (nSPS) is 12.2. The summed E-state index contributed by atoms with van der Waals surface area (Å²) in [5.41, 5.74) is 0.332. The maximum atomic E-state index is 12.3. The van der Waals surface area contributed by atoms with Crippen LogP contribution < -0.4 is 10.6 Å². The number of esters is 2. The first kappa shape index (κ1) is 20.6. The van der Waals surface area contributed by atoms with Gasteiger partial charge in [0.2, 0.25) is 5.91 Å². The number of methoxy groups -OCH3 is 1. The number of benzene rings is 1. The summed E-state index contributed by atoms with van der Waals surface area (Å²) in [6.45, 7) is 4.98. The molecule has 0 unspecified atom stereocenters. The lowest BCUT2D eigenvalue weighted by Gasteiger charge is -2.22. The van der Waals surface area contributed by atoms with E-state index in [9.17, 15) is 14.4 Å². The second-order valence-electron chi connectivity index (χ2n) is 6.50. The molecule has 25 heavy (non-hydrogen) atoms. The minimum Gasteiger partial charge on any atom is -0.468 e. The van der Waals surface area contributed by atoms with E-state index in [1.54, 1.807) is 20.8 Å². The lowest BCUT2D eigenvalue weighted by Crippen LogP contribution is -2.49. The Balaban J connectivity index is 2.68. The number of amides is 1. The molecule has 1 aromatic carbocycles. The smallest absolute Gasteiger partial charge is 0.325 e. The zero-order valence-electron chi connectivity index (χ0n) is 15.1. The molecule has 0 spiro atoms. The molecule has 1 aromatic rings. The molecule has 0 bridgehead atoms. The van der Waals surface area contributed by atoms with Gasteiger partial charge in [0, 0.05) is 0 Å². The molecule has 0 fully saturated rings. The maximum Gasteiger partial charge on any atom is 0.325 e. The van der Waals surface area contributed by atoms with Crippen molar-refractivity contribution in [2.24, 2.45) is 0 Å². The third kappa shape index (κ3) is 8.85. The molecule has 2 N–H and O–H groups in total. The van der Waals surface area contributed by atoms with E-state index < -0.39 is 29.5 Å². The highest BCUT2D eigenvalue weighted by Gasteiger charge is 2.22. The van der Waals surface area contributed by atoms with Gasteiger partial charge in [-0.3, -0.25) is 19.7 Å². The SMILES string of the molecule is COC(=O)CNC(=O)[C@H](Cc1ccccc1)NCC(=O)OC(C)(C)C. The number of hydrogen-bond donors (Lipinski definition) is 2. The molecule has 0 saturated heterocycles. The Hall–Kier alpha value is -2.41. The van der Waals surface area contributed by atoms with Gasteiger partial charge >= 0.3 is 11.9 Å². The van der Waals surface area contributed by atoms with Crippen LogP contribution in [-0.4, -0.2) is 49.7 Å². The summed E-state index contributed by atoms with van der Waals surface area (Å²) in [7, 11) is 1.25. The van der Waals surface area contributed by atoms with Crippen molar-refractivity contribution in [1.29, 1.82) is 0 Å². The largest absolute Gasteiger partial charge is 0.468 e. The van der Waals surface area contributed by atoms with Gasteiger partial charge in [0.25, 0.3) is 0 Å². The van der Waals surface area contributed by atoms with Crippen LogP contribution in [0.25, 0.3) is 0 Å². The second-order valence-corrected chi connectivity index (χ2v) is 6.50. The molecular weight excluding hydrogens is 324 g/mol. The van der Waals surface area contributed by atoms with Crippen molar-refractivity contribution in [2.45, 2.75) is 38.8 Å².